The van der Waals surface area contributed by atoms with E-state index in [0.717, 1.165) is 38.5 Å². The van der Waals surface area contributed by atoms with Gasteiger partial charge in [-0.1, -0.05) is 19.9 Å². The molecular formula is C16H24O6. The molecule has 6 heteroatoms. The molecule has 1 rings (SSSR count). The van der Waals surface area contributed by atoms with Gasteiger partial charge in [-0.2, -0.15) is 0 Å². The molecule has 0 bridgehead atoms. The molecular weight excluding hydrogens is 288 g/mol. The van der Waals surface area contributed by atoms with Gasteiger partial charge < -0.3 is 14.2 Å². The summed E-state index contributed by atoms with van der Waals surface area (Å²) in [5.41, 5.74) is -0.233. The Hall–Kier alpha value is -1.85. The van der Waals surface area contributed by atoms with Crippen LogP contribution in [0.2, 0.25) is 0 Å². The molecule has 0 aromatic carbocycles. The number of hydrogen-bond donors (Lipinski definition) is 0. The fraction of sp³-hybridized carbons (Fsp3) is 0.688. The summed E-state index contributed by atoms with van der Waals surface area (Å²) in [6, 6.07) is 0. The van der Waals surface area contributed by atoms with Crippen molar-refractivity contribution in [2.24, 2.45) is 0 Å². The van der Waals surface area contributed by atoms with E-state index in [2.05, 4.69) is 11.3 Å². The van der Waals surface area contributed by atoms with E-state index in [9.17, 15) is 14.4 Å². The first kappa shape index (κ1) is 18.2. The maximum absolute atomic E-state index is 11.8. The van der Waals surface area contributed by atoms with E-state index in [0.29, 0.717) is 0 Å². The molecule has 1 fully saturated rings. The van der Waals surface area contributed by atoms with Gasteiger partial charge in [0, 0.05) is 5.57 Å². The minimum Gasteiger partial charge on any atom is -0.457 e. The van der Waals surface area contributed by atoms with Gasteiger partial charge in [0.15, 0.2) is 13.2 Å². The molecule has 0 heterocycles. The van der Waals surface area contributed by atoms with Crippen molar-refractivity contribution >= 4 is 17.9 Å². The second-order valence-corrected chi connectivity index (χ2v) is 5.59. The summed E-state index contributed by atoms with van der Waals surface area (Å²) >= 11 is 0. The van der Waals surface area contributed by atoms with E-state index in [1.54, 1.807) is 0 Å². The molecule has 0 saturated heterocycles. The van der Waals surface area contributed by atoms with Crippen molar-refractivity contribution in [2.45, 2.75) is 58.0 Å². The van der Waals surface area contributed by atoms with Gasteiger partial charge in [-0.15, -0.1) is 0 Å². The van der Waals surface area contributed by atoms with Crippen molar-refractivity contribution in [3.63, 3.8) is 0 Å². The molecule has 6 nitrogen and oxygen atoms in total. The van der Waals surface area contributed by atoms with Crippen molar-refractivity contribution < 1.29 is 28.6 Å². The molecule has 0 N–H and O–H groups in total. The molecule has 0 aliphatic heterocycles. The largest absolute Gasteiger partial charge is 0.457 e. The highest BCUT2D eigenvalue weighted by molar-refractivity contribution is 5.88. The van der Waals surface area contributed by atoms with Crippen LogP contribution in [-0.2, 0) is 28.6 Å². The van der Waals surface area contributed by atoms with Crippen LogP contribution in [0.4, 0.5) is 0 Å². The summed E-state index contributed by atoms with van der Waals surface area (Å²) in [5, 5.41) is 0. The summed E-state index contributed by atoms with van der Waals surface area (Å²) in [7, 11) is 0. The predicted octanol–water partition coefficient (Wildman–Crippen LogP) is 2.30. The molecule has 1 saturated carbocycles. The van der Waals surface area contributed by atoms with E-state index in [1.807, 2.05) is 6.92 Å². The highest BCUT2D eigenvalue weighted by atomic mass is 16.6. The Bertz CT molecular complexity index is 434. The molecule has 0 radical (unpaired) electrons. The van der Waals surface area contributed by atoms with Crippen molar-refractivity contribution in [3.8, 4) is 0 Å². The number of rotatable bonds is 7. The Balaban J connectivity index is 2.31. The van der Waals surface area contributed by atoms with Gasteiger partial charge in [-0.05, 0) is 39.0 Å². The third-order valence-electron chi connectivity index (χ3n) is 3.76. The summed E-state index contributed by atoms with van der Waals surface area (Å²) in [4.78, 5) is 34.3. The molecule has 1 aliphatic carbocycles. The summed E-state index contributed by atoms with van der Waals surface area (Å²) in [6.07, 6.45) is 5.68. The number of carbonyl (C=O) groups excluding carboxylic acids is 3. The van der Waals surface area contributed by atoms with Crippen LogP contribution in [0.15, 0.2) is 12.2 Å². The van der Waals surface area contributed by atoms with Crippen LogP contribution >= 0.6 is 0 Å². The molecule has 0 atom stereocenters. The smallest absolute Gasteiger partial charge is 0.344 e. The van der Waals surface area contributed by atoms with Crippen LogP contribution in [0.25, 0.3) is 0 Å². The fourth-order valence-electron chi connectivity index (χ4n) is 2.42. The minimum absolute atomic E-state index is 0.189. The lowest BCUT2D eigenvalue weighted by molar-refractivity contribution is -0.175. The average Bonchev–Trinajstić information content (AvgIpc) is 2.51. The summed E-state index contributed by atoms with van der Waals surface area (Å²) in [6.45, 7) is 5.84. The van der Waals surface area contributed by atoms with Gasteiger partial charge in [-0.3, -0.25) is 0 Å². The van der Waals surface area contributed by atoms with Crippen LogP contribution in [0, 0.1) is 0 Å². The van der Waals surface area contributed by atoms with Gasteiger partial charge in [-0.25, -0.2) is 14.4 Å². The zero-order valence-corrected chi connectivity index (χ0v) is 13.3. The predicted molar refractivity (Wildman–Crippen MR) is 78.9 cm³/mol. The average molecular weight is 312 g/mol. The monoisotopic (exact) mass is 312 g/mol. The minimum atomic E-state index is -0.791. The van der Waals surface area contributed by atoms with Gasteiger partial charge >= 0.3 is 17.9 Å². The number of ether oxygens (including phenoxy) is 3. The van der Waals surface area contributed by atoms with Crippen LogP contribution in [0.1, 0.15) is 52.4 Å². The topological polar surface area (TPSA) is 78.9 Å². The molecule has 124 valence electrons. The Morgan fingerprint density at radius 3 is 2.14 bits per heavy atom. The van der Waals surface area contributed by atoms with Crippen LogP contribution in [0.3, 0.4) is 0 Å². The third kappa shape index (κ3) is 5.87. The van der Waals surface area contributed by atoms with Gasteiger partial charge in [0.2, 0.25) is 0 Å². The van der Waals surface area contributed by atoms with E-state index >= 15 is 0 Å². The second kappa shape index (κ2) is 8.56. The Morgan fingerprint density at radius 2 is 1.59 bits per heavy atom. The quantitative estimate of drug-likeness (QED) is 0.408. The van der Waals surface area contributed by atoms with E-state index in [4.69, 9.17) is 9.47 Å². The molecule has 22 heavy (non-hydrogen) atoms. The number of hydrogen-bond acceptors (Lipinski definition) is 6. The Labute approximate surface area is 130 Å². The normalized spacial score (nSPS) is 16.5. The zero-order chi connectivity index (χ0) is 16.6. The fourth-order valence-corrected chi connectivity index (χ4v) is 2.42. The van der Waals surface area contributed by atoms with Gasteiger partial charge in [0.25, 0.3) is 0 Å². The van der Waals surface area contributed by atoms with Crippen molar-refractivity contribution in [2.75, 3.05) is 13.2 Å². The number of esters is 3. The lowest BCUT2D eigenvalue weighted by Crippen LogP contribution is -2.38. The first-order valence-corrected chi connectivity index (χ1v) is 7.58. The summed E-state index contributed by atoms with van der Waals surface area (Å²) < 4.78 is 14.9. The molecule has 0 aromatic heterocycles. The number of carbonyl (C=O) groups is 3. The summed E-state index contributed by atoms with van der Waals surface area (Å²) in [5.74, 6) is -2.03. The van der Waals surface area contributed by atoms with Gasteiger partial charge in [0.1, 0.15) is 5.60 Å². The Kier molecular flexibility index (Phi) is 7.08. The first-order chi connectivity index (χ1) is 10.4. The maximum atomic E-state index is 11.8. The van der Waals surface area contributed by atoms with Crippen LogP contribution in [0.5, 0.6) is 0 Å². The highest BCUT2D eigenvalue weighted by Crippen LogP contribution is 2.34. The maximum Gasteiger partial charge on any atom is 0.344 e. The standard InChI is InChI=1S/C16H24O6/c1-4-16(8-6-5-7-9-16)22-14(18)11-20-13(17)10-21-15(19)12(2)3/h2,4-11H2,1,3H3. The molecule has 0 amide bonds. The van der Waals surface area contributed by atoms with Crippen molar-refractivity contribution in [1.82, 2.24) is 0 Å². The lowest BCUT2D eigenvalue weighted by atomic mass is 9.83. The van der Waals surface area contributed by atoms with E-state index in [1.165, 1.54) is 6.92 Å². The lowest BCUT2D eigenvalue weighted by Gasteiger charge is -2.35. The third-order valence-corrected chi connectivity index (χ3v) is 3.76. The molecule has 0 spiro atoms. The van der Waals surface area contributed by atoms with Crippen molar-refractivity contribution in [1.29, 1.82) is 0 Å². The van der Waals surface area contributed by atoms with Crippen LogP contribution < -0.4 is 0 Å². The van der Waals surface area contributed by atoms with E-state index < -0.39 is 36.7 Å². The first-order valence-electron chi connectivity index (χ1n) is 7.58. The highest BCUT2D eigenvalue weighted by Gasteiger charge is 2.34. The van der Waals surface area contributed by atoms with Crippen molar-refractivity contribution in [3.05, 3.63) is 12.2 Å². The van der Waals surface area contributed by atoms with Gasteiger partial charge in [0.05, 0.1) is 0 Å². The molecule has 1 aliphatic rings. The second-order valence-electron chi connectivity index (χ2n) is 5.59. The Morgan fingerprint density at radius 1 is 1.00 bits per heavy atom. The van der Waals surface area contributed by atoms with E-state index in [-0.39, 0.29) is 5.57 Å². The van der Waals surface area contributed by atoms with Crippen LogP contribution in [-0.4, -0.2) is 36.7 Å². The zero-order valence-electron chi connectivity index (χ0n) is 13.3. The molecule has 0 unspecified atom stereocenters. The SMILES string of the molecule is C=C(C)C(=O)OCC(=O)OCC(=O)OC1(CC)CCCCC1. The molecule has 0 aromatic rings.